The Morgan fingerprint density at radius 3 is 2.89 bits per heavy atom. The van der Waals surface area contributed by atoms with E-state index in [2.05, 4.69) is 10.3 Å². The molecule has 2 heterocycles. The molecule has 0 unspecified atom stereocenters. The molecular weight excluding hydrogens is 370 g/mol. The standard InChI is InChI=1S/C18H21N3O5S/c1-11(2)8-21-17(24)6-15(22)20-18(21)27-9-16(23)19-7-12-3-4-13-14(5-12)26-10-25-13/h3-6,11,22H,7-10H2,1-2H3,(H,19,23). The van der Waals surface area contributed by atoms with Crippen molar-refractivity contribution in [1.82, 2.24) is 14.9 Å². The minimum absolute atomic E-state index is 0.0819. The number of benzene rings is 1. The maximum atomic E-state index is 12.2. The first-order chi connectivity index (χ1) is 12.9. The molecule has 0 bridgehead atoms. The van der Waals surface area contributed by atoms with Crippen LogP contribution in [0.5, 0.6) is 17.4 Å². The van der Waals surface area contributed by atoms with E-state index in [4.69, 9.17) is 9.47 Å². The van der Waals surface area contributed by atoms with Crippen LogP contribution in [0.4, 0.5) is 0 Å². The third kappa shape index (κ3) is 4.94. The number of fused-ring (bicyclic) bond motifs is 1. The molecule has 2 aromatic rings. The Bertz CT molecular complexity index is 897. The van der Waals surface area contributed by atoms with Crippen LogP contribution in [0.1, 0.15) is 19.4 Å². The zero-order valence-electron chi connectivity index (χ0n) is 15.1. The number of amides is 1. The van der Waals surface area contributed by atoms with Crippen molar-refractivity contribution in [2.45, 2.75) is 32.1 Å². The van der Waals surface area contributed by atoms with Crippen LogP contribution in [0.2, 0.25) is 0 Å². The molecule has 3 rings (SSSR count). The van der Waals surface area contributed by atoms with Crippen LogP contribution in [0.25, 0.3) is 0 Å². The van der Waals surface area contributed by atoms with Gasteiger partial charge >= 0.3 is 0 Å². The first kappa shape index (κ1) is 19.1. The van der Waals surface area contributed by atoms with Gasteiger partial charge in [0.1, 0.15) is 0 Å². The Labute approximate surface area is 160 Å². The lowest BCUT2D eigenvalue weighted by Gasteiger charge is -2.13. The van der Waals surface area contributed by atoms with Crippen LogP contribution in [-0.2, 0) is 17.9 Å². The summed E-state index contributed by atoms with van der Waals surface area (Å²) < 4.78 is 12.0. The normalized spacial score (nSPS) is 12.4. The number of carbonyl (C=O) groups is 1. The molecule has 2 N–H and O–H groups in total. The maximum absolute atomic E-state index is 12.2. The van der Waals surface area contributed by atoms with Crippen molar-refractivity contribution in [2.24, 2.45) is 5.92 Å². The van der Waals surface area contributed by atoms with Crippen molar-refractivity contribution >= 4 is 17.7 Å². The summed E-state index contributed by atoms with van der Waals surface area (Å²) >= 11 is 1.12. The third-order valence-corrected chi connectivity index (χ3v) is 4.74. The fourth-order valence-corrected chi connectivity index (χ4v) is 3.39. The van der Waals surface area contributed by atoms with Crippen LogP contribution in [0.3, 0.4) is 0 Å². The van der Waals surface area contributed by atoms with Gasteiger partial charge < -0.3 is 19.9 Å². The van der Waals surface area contributed by atoms with Gasteiger partial charge in [-0.05, 0) is 23.6 Å². The van der Waals surface area contributed by atoms with Crippen molar-refractivity contribution in [1.29, 1.82) is 0 Å². The van der Waals surface area contributed by atoms with E-state index >= 15 is 0 Å². The van der Waals surface area contributed by atoms with Crippen molar-refractivity contribution < 1.29 is 19.4 Å². The van der Waals surface area contributed by atoms with E-state index in [-0.39, 0.29) is 35.8 Å². The maximum Gasteiger partial charge on any atom is 0.257 e. The number of aromatic nitrogens is 2. The van der Waals surface area contributed by atoms with Gasteiger partial charge in [0.2, 0.25) is 18.6 Å². The summed E-state index contributed by atoms with van der Waals surface area (Å²) in [6.07, 6.45) is 0. The lowest BCUT2D eigenvalue weighted by molar-refractivity contribution is -0.118. The number of rotatable bonds is 7. The average Bonchev–Trinajstić information content (AvgIpc) is 3.08. The summed E-state index contributed by atoms with van der Waals surface area (Å²) in [5.41, 5.74) is 0.560. The SMILES string of the molecule is CC(C)Cn1c(SCC(=O)NCc2ccc3c(c2)OCO3)nc(O)cc1=O. The Kier molecular flexibility index (Phi) is 5.90. The molecule has 0 atom stereocenters. The smallest absolute Gasteiger partial charge is 0.257 e. The van der Waals surface area contributed by atoms with E-state index in [1.165, 1.54) is 4.57 Å². The molecule has 1 aliphatic heterocycles. The molecule has 144 valence electrons. The number of hydrogen-bond acceptors (Lipinski definition) is 7. The molecule has 0 fully saturated rings. The summed E-state index contributed by atoms with van der Waals surface area (Å²) in [5, 5.41) is 12.7. The molecular formula is C18H21N3O5S. The van der Waals surface area contributed by atoms with Gasteiger partial charge in [-0.1, -0.05) is 31.7 Å². The average molecular weight is 391 g/mol. The summed E-state index contributed by atoms with van der Waals surface area (Å²) in [4.78, 5) is 28.2. The van der Waals surface area contributed by atoms with Gasteiger partial charge in [0.15, 0.2) is 16.7 Å². The topological polar surface area (TPSA) is 103 Å². The monoisotopic (exact) mass is 391 g/mol. The number of nitrogens with zero attached hydrogens (tertiary/aromatic N) is 2. The molecule has 0 spiro atoms. The highest BCUT2D eigenvalue weighted by molar-refractivity contribution is 7.99. The molecule has 1 amide bonds. The lowest BCUT2D eigenvalue weighted by atomic mass is 10.2. The Morgan fingerprint density at radius 1 is 1.33 bits per heavy atom. The quantitative estimate of drug-likeness (QED) is 0.547. The van der Waals surface area contributed by atoms with Crippen molar-refractivity contribution in [2.75, 3.05) is 12.5 Å². The number of hydrogen-bond donors (Lipinski definition) is 2. The Morgan fingerprint density at radius 2 is 2.11 bits per heavy atom. The number of ether oxygens (including phenoxy) is 2. The minimum atomic E-state index is -0.344. The van der Waals surface area contributed by atoms with Crippen LogP contribution in [0.15, 0.2) is 34.2 Å². The molecule has 9 heteroatoms. The van der Waals surface area contributed by atoms with E-state index in [1.54, 1.807) is 6.07 Å². The molecule has 0 saturated carbocycles. The summed E-state index contributed by atoms with van der Waals surface area (Å²) in [6, 6.07) is 6.57. The number of nitrogens with one attached hydrogen (secondary N) is 1. The largest absolute Gasteiger partial charge is 0.493 e. The molecule has 1 aromatic heterocycles. The first-order valence-corrected chi connectivity index (χ1v) is 9.50. The highest BCUT2D eigenvalue weighted by Crippen LogP contribution is 2.32. The van der Waals surface area contributed by atoms with Gasteiger partial charge in [0, 0.05) is 13.1 Å². The zero-order valence-corrected chi connectivity index (χ0v) is 15.9. The predicted octanol–water partition coefficient (Wildman–Crippen LogP) is 1.74. The highest BCUT2D eigenvalue weighted by atomic mass is 32.2. The van der Waals surface area contributed by atoms with E-state index < -0.39 is 0 Å². The van der Waals surface area contributed by atoms with Gasteiger partial charge in [-0.25, -0.2) is 0 Å². The Hall–Kier alpha value is -2.68. The lowest BCUT2D eigenvalue weighted by Crippen LogP contribution is -2.27. The highest BCUT2D eigenvalue weighted by Gasteiger charge is 2.15. The van der Waals surface area contributed by atoms with Crippen LogP contribution in [0, 0.1) is 5.92 Å². The second kappa shape index (κ2) is 8.34. The second-order valence-electron chi connectivity index (χ2n) is 6.49. The molecule has 8 nitrogen and oxygen atoms in total. The molecule has 0 radical (unpaired) electrons. The van der Waals surface area contributed by atoms with Crippen molar-refractivity contribution in [3.63, 3.8) is 0 Å². The van der Waals surface area contributed by atoms with E-state index in [1.807, 2.05) is 26.0 Å². The van der Waals surface area contributed by atoms with Gasteiger partial charge in [0.25, 0.3) is 5.56 Å². The van der Waals surface area contributed by atoms with Gasteiger partial charge in [0.05, 0.1) is 11.8 Å². The van der Waals surface area contributed by atoms with Crippen molar-refractivity contribution in [3.05, 3.63) is 40.2 Å². The van der Waals surface area contributed by atoms with E-state index in [0.717, 1.165) is 23.4 Å². The molecule has 1 aliphatic rings. The van der Waals surface area contributed by atoms with Gasteiger partial charge in [-0.2, -0.15) is 4.98 Å². The number of carbonyl (C=O) groups excluding carboxylic acids is 1. The zero-order chi connectivity index (χ0) is 19.4. The molecule has 0 aliphatic carbocycles. The van der Waals surface area contributed by atoms with Gasteiger partial charge in [-0.3, -0.25) is 14.2 Å². The van der Waals surface area contributed by atoms with Crippen LogP contribution >= 0.6 is 11.8 Å². The summed E-state index contributed by atoms with van der Waals surface area (Å²) in [6.45, 7) is 4.98. The first-order valence-electron chi connectivity index (χ1n) is 8.51. The summed E-state index contributed by atoms with van der Waals surface area (Å²) in [7, 11) is 0. The molecule has 0 saturated heterocycles. The number of thioether (sulfide) groups is 1. The molecule has 27 heavy (non-hydrogen) atoms. The van der Waals surface area contributed by atoms with E-state index in [0.29, 0.717) is 29.7 Å². The summed E-state index contributed by atoms with van der Waals surface area (Å²) in [5.74, 6) is 1.12. The fourth-order valence-electron chi connectivity index (χ4n) is 2.55. The second-order valence-corrected chi connectivity index (χ2v) is 7.44. The van der Waals surface area contributed by atoms with Crippen LogP contribution in [-0.4, -0.2) is 33.1 Å². The Balaban J connectivity index is 1.58. The van der Waals surface area contributed by atoms with Crippen molar-refractivity contribution in [3.8, 4) is 17.4 Å². The minimum Gasteiger partial charge on any atom is -0.493 e. The fraction of sp³-hybridized carbons (Fsp3) is 0.389. The van der Waals surface area contributed by atoms with E-state index in [9.17, 15) is 14.7 Å². The molecule has 1 aromatic carbocycles. The number of aromatic hydroxyl groups is 1. The third-order valence-electron chi connectivity index (χ3n) is 3.77. The van der Waals surface area contributed by atoms with Gasteiger partial charge in [-0.15, -0.1) is 0 Å². The predicted molar refractivity (Wildman–Crippen MR) is 100 cm³/mol. The van der Waals surface area contributed by atoms with Crippen LogP contribution < -0.4 is 20.3 Å².